The van der Waals surface area contributed by atoms with Crippen LogP contribution in [-0.4, -0.2) is 73.2 Å². The summed E-state index contributed by atoms with van der Waals surface area (Å²) in [5, 5.41) is 42.6. The minimum absolute atomic E-state index is 0. The van der Waals surface area contributed by atoms with E-state index in [0.717, 1.165) is 0 Å². The van der Waals surface area contributed by atoms with Gasteiger partial charge >= 0.3 is 0 Å². The van der Waals surface area contributed by atoms with Crippen LogP contribution in [-0.2, 0) is 4.74 Å². The van der Waals surface area contributed by atoms with Crippen molar-refractivity contribution in [3.05, 3.63) is 52.7 Å². The highest BCUT2D eigenvalue weighted by Gasteiger charge is 2.48. The van der Waals surface area contributed by atoms with Crippen LogP contribution in [0.15, 0.2) is 46.5 Å². The van der Waals surface area contributed by atoms with Crippen LogP contribution in [0.5, 0.6) is 0 Å². The van der Waals surface area contributed by atoms with E-state index in [9.17, 15) is 20.4 Å². The van der Waals surface area contributed by atoms with Crippen molar-refractivity contribution in [3.63, 3.8) is 0 Å². The lowest BCUT2D eigenvalue weighted by Gasteiger charge is -2.32. The number of aliphatic imine (C=N–C) groups is 2. The fourth-order valence-corrected chi connectivity index (χ4v) is 4.23. The zero-order valence-electron chi connectivity index (χ0n) is 16.2. The molecular weight excluding hydrogens is 447 g/mol. The number of halogens is 2. The molecule has 2 aromatic rings. The van der Waals surface area contributed by atoms with Crippen LogP contribution in [0.4, 0.5) is 5.82 Å². The van der Waals surface area contributed by atoms with Crippen molar-refractivity contribution < 1.29 is 25.2 Å². The average Bonchev–Trinajstić information content (AvgIpc) is 3.30. The number of amidine groups is 1. The fourth-order valence-electron chi connectivity index (χ4n) is 4.10. The SMILES string of the molecule is Cl.OC(c1ccc(Cl)cc1)[C@H]1O[C@@H](n2ccc3c2N=CN2C3=NCCC2O)[C@H](O)[C@@H]1O. The summed E-state index contributed by atoms with van der Waals surface area (Å²) >= 11 is 5.90. The van der Waals surface area contributed by atoms with E-state index in [1.807, 2.05) is 0 Å². The molecule has 11 heteroatoms. The van der Waals surface area contributed by atoms with Crippen molar-refractivity contribution in [3.8, 4) is 0 Å². The third-order valence-electron chi connectivity index (χ3n) is 5.72. The molecule has 0 amide bonds. The van der Waals surface area contributed by atoms with Gasteiger partial charge in [-0.15, -0.1) is 12.4 Å². The van der Waals surface area contributed by atoms with E-state index in [-0.39, 0.29) is 12.4 Å². The minimum atomic E-state index is -1.31. The molecule has 0 saturated carbocycles. The molecule has 166 valence electrons. The summed E-state index contributed by atoms with van der Waals surface area (Å²) in [4.78, 5) is 10.5. The van der Waals surface area contributed by atoms with Crippen LogP contribution in [0.1, 0.15) is 29.9 Å². The van der Waals surface area contributed by atoms with Crippen molar-refractivity contribution in [2.75, 3.05) is 6.54 Å². The summed E-state index contributed by atoms with van der Waals surface area (Å²) in [6.45, 7) is 0.502. The first-order chi connectivity index (χ1) is 14.5. The van der Waals surface area contributed by atoms with E-state index in [1.165, 1.54) is 6.34 Å². The highest BCUT2D eigenvalue weighted by Crippen LogP contribution is 2.40. The molecule has 3 aliphatic rings. The largest absolute Gasteiger partial charge is 0.387 e. The standard InChI is InChI=1S/C20H21ClN4O5.ClH/c21-11-3-1-10(2-4-11)14(27)17-15(28)16(29)20(30-17)24-8-6-12-18-22-7-5-13(26)25(18)9-23-19(12)24;/h1-4,6,8-9,13-17,20,26-29H,5,7H2;1H/t13?,14?,15-,16+,17+,20+;/m0./s1. The maximum Gasteiger partial charge on any atom is 0.164 e. The van der Waals surface area contributed by atoms with E-state index in [1.54, 1.807) is 46.0 Å². The zero-order chi connectivity index (χ0) is 21.0. The Morgan fingerprint density at radius 3 is 2.58 bits per heavy atom. The van der Waals surface area contributed by atoms with Gasteiger partial charge in [0.15, 0.2) is 6.23 Å². The summed E-state index contributed by atoms with van der Waals surface area (Å²) in [5.74, 6) is 1.10. The van der Waals surface area contributed by atoms with Gasteiger partial charge in [-0.3, -0.25) is 9.89 Å². The molecular formula is C20H22Cl2N4O5. The molecule has 0 spiro atoms. The molecule has 1 fully saturated rings. The predicted octanol–water partition coefficient (Wildman–Crippen LogP) is 1.36. The molecule has 1 aromatic carbocycles. The Kier molecular flexibility index (Phi) is 6.10. The first-order valence-electron chi connectivity index (χ1n) is 9.67. The van der Waals surface area contributed by atoms with Gasteiger partial charge in [-0.25, -0.2) is 4.99 Å². The Morgan fingerprint density at radius 2 is 1.84 bits per heavy atom. The molecule has 2 unspecified atom stereocenters. The van der Waals surface area contributed by atoms with E-state index in [4.69, 9.17) is 16.3 Å². The highest BCUT2D eigenvalue weighted by atomic mass is 35.5. The second-order valence-electron chi connectivity index (χ2n) is 7.56. The fraction of sp³-hybridized carbons (Fsp3) is 0.400. The van der Waals surface area contributed by atoms with Gasteiger partial charge in [0.1, 0.15) is 48.6 Å². The molecule has 1 aromatic heterocycles. The number of hydrogen-bond acceptors (Lipinski definition) is 8. The highest BCUT2D eigenvalue weighted by molar-refractivity contribution is 6.30. The molecule has 31 heavy (non-hydrogen) atoms. The molecule has 4 N–H and O–H groups in total. The Balaban J connectivity index is 0.00000231. The number of hydrogen-bond donors (Lipinski definition) is 4. The maximum absolute atomic E-state index is 10.7. The molecule has 0 radical (unpaired) electrons. The van der Waals surface area contributed by atoms with Gasteiger partial charge in [0.2, 0.25) is 0 Å². The van der Waals surface area contributed by atoms with Gasteiger partial charge in [0.05, 0.1) is 5.56 Å². The van der Waals surface area contributed by atoms with Gasteiger partial charge in [0, 0.05) is 24.2 Å². The lowest BCUT2D eigenvalue weighted by molar-refractivity contribution is -0.0854. The average molecular weight is 469 g/mol. The second kappa shape index (κ2) is 8.51. The molecule has 0 aliphatic carbocycles. The lowest BCUT2D eigenvalue weighted by atomic mass is 9.99. The molecule has 1 saturated heterocycles. The summed E-state index contributed by atoms with van der Waals surface area (Å²) in [7, 11) is 0. The van der Waals surface area contributed by atoms with Crippen LogP contribution in [0.2, 0.25) is 5.02 Å². The monoisotopic (exact) mass is 468 g/mol. The topological polar surface area (TPSA) is 123 Å². The van der Waals surface area contributed by atoms with E-state index in [2.05, 4.69) is 9.98 Å². The van der Waals surface area contributed by atoms with Crippen LogP contribution >= 0.6 is 24.0 Å². The van der Waals surface area contributed by atoms with E-state index >= 15 is 0 Å². The predicted molar refractivity (Wildman–Crippen MR) is 116 cm³/mol. The maximum atomic E-state index is 10.7. The first kappa shape index (κ1) is 22.2. The van der Waals surface area contributed by atoms with Gasteiger partial charge in [-0.05, 0) is 23.8 Å². The number of benzene rings is 1. The summed E-state index contributed by atoms with van der Waals surface area (Å²) < 4.78 is 7.51. The van der Waals surface area contributed by atoms with Crippen LogP contribution in [0, 0.1) is 0 Å². The summed E-state index contributed by atoms with van der Waals surface area (Å²) in [6, 6.07) is 8.34. The number of aromatic nitrogens is 1. The normalized spacial score (nSPS) is 30.3. The zero-order valence-corrected chi connectivity index (χ0v) is 17.8. The molecule has 5 rings (SSSR count). The van der Waals surface area contributed by atoms with E-state index in [0.29, 0.717) is 40.8 Å². The van der Waals surface area contributed by atoms with Crippen molar-refractivity contribution in [1.29, 1.82) is 0 Å². The van der Waals surface area contributed by atoms with Crippen LogP contribution < -0.4 is 0 Å². The number of aliphatic hydroxyl groups is 4. The smallest absolute Gasteiger partial charge is 0.164 e. The molecule has 4 heterocycles. The molecule has 0 bridgehead atoms. The third kappa shape index (κ3) is 3.66. The van der Waals surface area contributed by atoms with Gasteiger partial charge in [0.25, 0.3) is 0 Å². The van der Waals surface area contributed by atoms with Crippen molar-refractivity contribution in [2.24, 2.45) is 9.98 Å². The van der Waals surface area contributed by atoms with Gasteiger partial charge in [-0.1, -0.05) is 23.7 Å². The minimum Gasteiger partial charge on any atom is -0.387 e. The van der Waals surface area contributed by atoms with Gasteiger partial charge in [-0.2, -0.15) is 0 Å². The quantitative estimate of drug-likeness (QED) is 0.539. The number of fused-ring (bicyclic) bond motifs is 3. The number of aliphatic hydroxyl groups excluding tert-OH is 4. The van der Waals surface area contributed by atoms with Crippen molar-refractivity contribution >= 4 is 42.0 Å². The van der Waals surface area contributed by atoms with Crippen molar-refractivity contribution in [1.82, 2.24) is 9.47 Å². The Labute approximate surface area is 189 Å². The van der Waals surface area contributed by atoms with Crippen LogP contribution in [0.25, 0.3) is 0 Å². The summed E-state index contributed by atoms with van der Waals surface area (Å²) in [5.41, 5.74) is 1.22. The number of ether oxygens (including phenoxy) is 1. The molecule has 9 nitrogen and oxygen atoms in total. The first-order valence-corrected chi connectivity index (χ1v) is 10.0. The van der Waals surface area contributed by atoms with Gasteiger partial charge < -0.3 is 29.7 Å². The van der Waals surface area contributed by atoms with Crippen molar-refractivity contribution in [2.45, 2.75) is 43.3 Å². The Morgan fingerprint density at radius 1 is 1.10 bits per heavy atom. The van der Waals surface area contributed by atoms with E-state index < -0.39 is 36.9 Å². The molecule has 6 atom stereocenters. The number of rotatable bonds is 3. The third-order valence-corrected chi connectivity index (χ3v) is 5.97. The molecule has 3 aliphatic heterocycles. The Hall–Kier alpha value is -1.98. The second-order valence-corrected chi connectivity index (χ2v) is 7.99. The van der Waals surface area contributed by atoms with Crippen LogP contribution in [0.3, 0.4) is 0 Å². The lowest BCUT2D eigenvalue weighted by Crippen LogP contribution is -2.44. The summed E-state index contributed by atoms with van der Waals surface area (Å²) in [6.07, 6.45) is -2.71. The number of nitrogens with zero attached hydrogens (tertiary/aromatic N) is 4. The Bertz CT molecular complexity index is 1010.